The molecule has 0 N–H and O–H groups in total. The zero-order valence-corrected chi connectivity index (χ0v) is 16.0. The van der Waals surface area contributed by atoms with Gasteiger partial charge in [-0.3, -0.25) is 0 Å². The first-order valence-corrected chi connectivity index (χ1v) is 10.3. The molecular weight excluding hydrogens is 378 g/mol. The van der Waals surface area contributed by atoms with Gasteiger partial charge in [0, 0.05) is 24.2 Å². The minimum atomic E-state index is -0.235. The fraction of sp³-hybridized carbons (Fsp3) is 0.227. The Kier molecular flexibility index (Phi) is 5.76. The van der Waals surface area contributed by atoms with Crippen LogP contribution in [0.2, 0.25) is 0 Å². The van der Waals surface area contributed by atoms with Gasteiger partial charge < -0.3 is 9.30 Å². The Morgan fingerprint density at radius 1 is 0.964 bits per heavy atom. The predicted molar refractivity (Wildman–Crippen MR) is 109 cm³/mol. The van der Waals surface area contributed by atoms with Crippen molar-refractivity contribution >= 4 is 17.7 Å². The van der Waals surface area contributed by atoms with E-state index < -0.39 is 0 Å². The van der Waals surface area contributed by atoms with Crippen LogP contribution in [0.25, 0.3) is 0 Å². The summed E-state index contributed by atoms with van der Waals surface area (Å²) in [5.41, 5.74) is 3.04. The second-order valence-corrected chi connectivity index (χ2v) is 7.72. The lowest BCUT2D eigenvalue weighted by Crippen LogP contribution is -2.11. The van der Waals surface area contributed by atoms with Crippen molar-refractivity contribution in [2.45, 2.75) is 18.3 Å². The van der Waals surface area contributed by atoms with E-state index in [4.69, 9.17) is 9.73 Å². The highest BCUT2D eigenvalue weighted by Gasteiger charge is 2.22. The number of aliphatic imine (C=N–C) groups is 1. The molecule has 1 atom stereocenters. The van der Waals surface area contributed by atoms with E-state index in [2.05, 4.69) is 4.57 Å². The summed E-state index contributed by atoms with van der Waals surface area (Å²) in [6, 6.07) is 17.1. The maximum Gasteiger partial charge on any atom is 0.233 e. The Labute approximate surface area is 167 Å². The van der Waals surface area contributed by atoms with Crippen molar-refractivity contribution in [2.75, 3.05) is 12.4 Å². The number of halogens is 2. The monoisotopic (exact) mass is 398 g/mol. The van der Waals surface area contributed by atoms with Crippen molar-refractivity contribution in [3.8, 4) is 0 Å². The summed E-state index contributed by atoms with van der Waals surface area (Å²) in [5.74, 6) is 1.87. The topological polar surface area (TPSA) is 26.5 Å². The molecule has 0 saturated carbocycles. The summed E-state index contributed by atoms with van der Waals surface area (Å²) in [6.07, 6.45) is 1.97. The summed E-state index contributed by atoms with van der Waals surface area (Å²) in [6.45, 7) is 1.20. The number of thioether (sulfide) groups is 1. The largest absolute Gasteiger partial charge is 0.474 e. The lowest BCUT2D eigenvalue weighted by Gasteiger charge is -2.09. The van der Waals surface area contributed by atoms with E-state index in [1.54, 1.807) is 23.9 Å². The van der Waals surface area contributed by atoms with Crippen LogP contribution in [0.4, 0.5) is 8.78 Å². The number of nitrogens with zero attached hydrogens (tertiary/aromatic N) is 2. The number of hydrogen-bond donors (Lipinski definition) is 0. The Hall–Kier alpha value is -2.60. The standard InChI is InChI=1S/C22H20F2N2OS/c23-18-7-3-16(4-8-18)12-26-11-1-2-21(26)22-25-20(13-27-22)15-28-14-17-5-9-19(24)10-6-17/h1-11,20H,12-15H2/t20-/m1/s1. The van der Waals surface area contributed by atoms with Crippen LogP contribution in [-0.2, 0) is 17.0 Å². The van der Waals surface area contributed by atoms with Crippen molar-refractivity contribution in [3.05, 3.63) is 95.3 Å². The molecule has 2 heterocycles. The van der Waals surface area contributed by atoms with E-state index >= 15 is 0 Å². The van der Waals surface area contributed by atoms with Crippen LogP contribution in [0.15, 0.2) is 71.9 Å². The highest BCUT2D eigenvalue weighted by atomic mass is 32.2. The van der Waals surface area contributed by atoms with Gasteiger partial charge >= 0.3 is 0 Å². The van der Waals surface area contributed by atoms with Gasteiger partial charge in [0.15, 0.2) is 0 Å². The summed E-state index contributed by atoms with van der Waals surface area (Å²) >= 11 is 1.77. The third-order valence-electron chi connectivity index (χ3n) is 4.52. The van der Waals surface area contributed by atoms with Crippen LogP contribution >= 0.6 is 11.8 Å². The molecule has 144 valence electrons. The molecule has 0 saturated heterocycles. The molecule has 6 heteroatoms. The van der Waals surface area contributed by atoms with Crippen LogP contribution in [0.5, 0.6) is 0 Å². The summed E-state index contributed by atoms with van der Waals surface area (Å²) in [5, 5.41) is 0. The first-order valence-electron chi connectivity index (χ1n) is 9.10. The van der Waals surface area contributed by atoms with Gasteiger partial charge in [-0.15, -0.1) is 0 Å². The molecule has 0 fully saturated rings. The molecule has 3 nitrogen and oxygen atoms in total. The van der Waals surface area contributed by atoms with E-state index in [1.807, 2.05) is 30.5 Å². The van der Waals surface area contributed by atoms with Crippen LogP contribution < -0.4 is 0 Å². The van der Waals surface area contributed by atoms with E-state index in [9.17, 15) is 8.78 Å². The molecule has 0 spiro atoms. The Bertz CT molecular complexity index is 951. The lowest BCUT2D eigenvalue weighted by molar-refractivity contribution is 0.323. The molecule has 0 aliphatic carbocycles. The van der Waals surface area contributed by atoms with Crippen LogP contribution in [0, 0.1) is 11.6 Å². The smallest absolute Gasteiger partial charge is 0.233 e. The van der Waals surface area contributed by atoms with Gasteiger partial charge in [-0.05, 0) is 47.5 Å². The molecule has 2 aromatic carbocycles. The molecule has 1 aliphatic heterocycles. The molecular formula is C22H20F2N2OS. The number of benzene rings is 2. The second kappa shape index (κ2) is 8.61. The van der Waals surface area contributed by atoms with Gasteiger partial charge in [0.25, 0.3) is 0 Å². The van der Waals surface area contributed by atoms with Crippen LogP contribution in [0.1, 0.15) is 16.8 Å². The minimum absolute atomic E-state index is 0.106. The van der Waals surface area contributed by atoms with Gasteiger partial charge in [-0.2, -0.15) is 11.8 Å². The Morgan fingerprint density at radius 2 is 1.64 bits per heavy atom. The molecule has 1 aromatic heterocycles. The molecule has 0 bridgehead atoms. The third kappa shape index (κ3) is 4.62. The van der Waals surface area contributed by atoms with E-state index in [0.29, 0.717) is 19.0 Å². The van der Waals surface area contributed by atoms with Crippen LogP contribution in [0.3, 0.4) is 0 Å². The van der Waals surface area contributed by atoms with Gasteiger partial charge in [0.1, 0.15) is 23.9 Å². The van der Waals surface area contributed by atoms with Gasteiger partial charge in [0.2, 0.25) is 5.90 Å². The number of ether oxygens (including phenoxy) is 1. The number of hydrogen-bond acceptors (Lipinski definition) is 3. The van der Waals surface area contributed by atoms with E-state index in [0.717, 1.165) is 28.3 Å². The predicted octanol–water partition coefficient (Wildman–Crippen LogP) is 4.89. The maximum absolute atomic E-state index is 13.1. The molecule has 0 radical (unpaired) electrons. The molecule has 0 amide bonds. The number of rotatable bonds is 7. The van der Waals surface area contributed by atoms with Crippen molar-refractivity contribution in [1.29, 1.82) is 0 Å². The first kappa shape index (κ1) is 18.7. The average Bonchev–Trinajstić information content (AvgIpc) is 3.34. The fourth-order valence-electron chi connectivity index (χ4n) is 3.07. The Balaban J connectivity index is 1.35. The van der Waals surface area contributed by atoms with Crippen molar-refractivity contribution < 1.29 is 13.5 Å². The van der Waals surface area contributed by atoms with Crippen molar-refractivity contribution in [3.63, 3.8) is 0 Å². The zero-order valence-electron chi connectivity index (χ0n) is 15.2. The average molecular weight is 398 g/mol. The molecule has 4 rings (SSSR count). The first-order chi connectivity index (χ1) is 13.7. The van der Waals surface area contributed by atoms with Gasteiger partial charge in [-0.1, -0.05) is 24.3 Å². The molecule has 0 unspecified atom stereocenters. The summed E-state index contributed by atoms with van der Waals surface area (Å²) < 4.78 is 33.9. The summed E-state index contributed by atoms with van der Waals surface area (Å²) in [7, 11) is 0. The van der Waals surface area contributed by atoms with Crippen molar-refractivity contribution in [2.24, 2.45) is 4.99 Å². The summed E-state index contributed by atoms with van der Waals surface area (Å²) in [4.78, 5) is 4.72. The SMILES string of the molecule is Fc1ccc(CSC[C@H]2COC(c3cccn3Cc3ccc(F)cc3)=N2)cc1. The normalized spacial score (nSPS) is 16.1. The fourth-order valence-corrected chi connectivity index (χ4v) is 4.06. The molecule has 28 heavy (non-hydrogen) atoms. The van der Waals surface area contributed by atoms with Crippen molar-refractivity contribution in [1.82, 2.24) is 4.57 Å². The highest BCUT2D eigenvalue weighted by Crippen LogP contribution is 2.20. The zero-order chi connectivity index (χ0) is 19.3. The highest BCUT2D eigenvalue weighted by molar-refractivity contribution is 7.98. The van der Waals surface area contributed by atoms with Gasteiger partial charge in [0.05, 0.1) is 6.04 Å². The van der Waals surface area contributed by atoms with Crippen LogP contribution in [-0.4, -0.2) is 28.9 Å². The third-order valence-corrected chi connectivity index (χ3v) is 5.68. The minimum Gasteiger partial charge on any atom is -0.474 e. The van der Waals surface area contributed by atoms with Gasteiger partial charge in [-0.25, -0.2) is 13.8 Å². The van der Waals surface area contributed by atoms with E-state index in [-0.39, 0.29) is 17.7 Å². The second-order valence-electron chi connectivity index (χ2n) is 6.69. The maximum atomic E-state index is 13.1. The van der Waals surface area contributed by atoms with E-state index in [1.165, 1.54) is 24.3 Å². The Morgan fingerprint density at radius 3 is 2.36 bits per heavy atom. The molecule has 1 aliphatic rings. The lowest BCUT2D eigenvalue weighted by atomic mass is 10.2. The quantitative estimate of drug-likeness (QED) is 0.566. The molecule has 3 aromatic rings. The number of aromatic nitrogens is 1.